The Morgan fingerprint density at radius 1 is 0.750 bits per heavy atom. The Balaban J connectivity index is 3.83. The van der Waals surface area contributed by atoms with E-state index in [0.717, 1.165) is 0 Å². The molecule has 0 N–H and O–H groups in total. The Morgan fingerprint density at radius 3 is 1.17 bits per heavy atom. The Kier molecular flexibility index (Phi) is 3.73. The molecule has 0 aliphatic heterocycles. The maximum atomic E-state index is 5.59. The Morgan fingerprint density at radius 2 is 1.00 bits per heavy atom. The fourth-order valence-corrected chi connectivity index (χ4v) is 1.02. The molecule has 0 spiro atoms. The van der Waals surface area contributed by atoms with Crippen molar-refractivity contribution in [2.24, 2.45) is 0 Å². The molecule has 2 heteroatoms. The summed E-state index contributed by atoms with van der Waals surface area (Å²) >= 11 is 0. The predicted octanol–water partition coefficient (Wildman–Crippen LogP) is 2.96. The second kappa shape index (κ2) is 3.75. The standard InChI is InChI=1S/C10H22O2/c1-8(11-9(2,3)4)12-10(5,6)7/h8H,1-7H3. The van der Waals surface area contributed by atoms with Gasteiger partial charge in [-0.15, -0.1) is 0 Å². The first kappa shape index (κ1) is 11.9. The maximum Gasteiger partial charge on any atom is 0.156 e. The quantitative estimate of drug-likeness (QED) is 0.599. The fourth-order valence-electron chi connectivity index (χ4n) is 1.02. The minimum absolute atomic E-state index is 0.134. The van der Waals surface area contributed by atoms with Gasteiger partial charge in [-0.1, -0.05) is 0 Å². The normalized spacial score (nSPS) is 14.0. The summed E-state index contributed by atoms with van der Waals surface area (Å²) in [5.74, 6) is 0. The van der Waals surface area contributed by atoms with Gasteiger partial charge in [0.15, 0.2) is 6.29 Å². The van der Waals surface area contributed by atoms with Gasteiger partial charge in [0.25, 0.3) is 0 Å². The lowest BCUT2D eigenvalue weighted by atomic mass is 10.2. The molecule has 0 aliphatic rings. The average molecular weight is 174 g/mol. The van der Waals surface area contributed by atoms with E-state index < -0.39 is 0 Å². The monoisotopic (exact) mass is 174 g/mol. The van der Waals surface area contributed by atoms with E-state index in [9.17, 15) is 0 Å². The van der Waals surface area contributed by atoms with Crippen molar-refractivity contribution < 1.29 is 9.47 Å². The van der Waals surface area contributed by atoms with Crippen LogP contribution in [0.2, 0.25) is 0 Å². The second-order valence-electron chi connectivity index (χ2n) is 5.03. The highest BCUT2D eigenvalue weighted by atomic mass is 16.7. The summed E-state index contributed by atoms with van der Waals surface area (Å²) in [7, 11) is 0. The Bertz CT molecular complexity index is 112. The van der Waals surface area contributed by atoms with Crippen LogP contribution in [0.1, 0.15) is 48.5 Å². The third-order valence-electron chi connectivity index (χ3n) is 1.04. The van der Waals surface area contributed by atoms with E-state index in [1.54, 1.807) is 0 Å². The molecule has 74 valence electrons. The van der Waals surface area contributed by atoms with Gasteiger partial charge in [-0.2, -0.15) is 0 Å². The number of rotatable bonds is 2. The van der Waals surface area contributed by atoms with Gasteiger partial charge in [0.2, 0.25) is 0 Å². The van der Waals surface area contributed by atoms with Crippen LogP contribution in [0.5, 0.6) is 0 Å². The van der Waals surface area contributed by atoms with Gasteiger partial charge in [0.1, 0.15) is 0 Å². The smallest absolute Gasteiger partial charge is 0.156 e. The SMILES string of the molecule is CC(OC(C)(C)C)OC(C)(C)C. The van der Waals surface area contributed by atoms with Crippen molar-refractivity contribution in [1.29, 1.82) is 0 Å². The zero-order valence-electron chi connectivity index (χ0n) is 9.39. The molecule has 0 unspecified atom stereocenters. The summed E-state index contributed by atoms with van der Waals surface area (Å²) in [6.45, 7) is 14.1. The van der Waals surface area contributed by atoms with E-state index in [4.69, 9.17) is 9.47 Å². The summed E-state index contributed by atoms with van der Waals surface area (Å²) in [5, 5.41) is 0. The maximum absolute atomic E-state index is 5.59. The van der Waals surface area contributed by atoms with Crippen LogP contribution in [0, 0.1) is 0 Å². The molecular formula is C10H22O2. The molecule has 2 nitrogen and oxygen atoms in total. The van der Waals surface area contributed by atoms with Crippen LogP contribution in [-0.2, 0) is 9.47 Å². The molecule has 0 saturated carbocycles. The first-order chi connectivity index (χ1) is 5.10. The van der Waals surface area contributed by atoms with Crippen LogP contribution >= 0.6 is 0 Å². The number of hydrogen-bond acceptors (Lipinski definition) is 2. The molecule has 0 saturated heterocycles. The highest BCUT2D eigenvalue weighted by Gasteiger charge is 2.20. The van der Waals surface area contributed by atoms with Crippen LogP contribution < -0.4 is 0 Å². The van der Waals surface area contributed by atoms with E-state index >= 15 is 0 Å². The summed E-state index contributed by atoms with van der Waals surface area (Å²) in [6, 6.07) is 0. The summed E-state index contributed by atoms with van der Waals surface area (Å²) < 4.78 is 11.2. The van der Waals surface area contributed by atoms with E-state index in [1.807, 2.05) is 48.5 Å². The van der Waals surface area contributed by atoms with Crippen LogP contribution in [0.15, 0.2) is 0 Å². The molecule has 0 fully saturated rings. The lowest BCUT2D eigenvalue weighted by molar-refractivity contribution is -0.224. The molecule has 0 aromatic carbocycles. The van der Waals surface area contributed by atoms with Gasteiger partial charge in [0, 0.05) is 0 Å². The van der Waals surface area contributed by atoms with Gasteiger partial charge < -0.3 is 9.47 Å². The van der Waals surface area contributed by atoms with Crippen molar-refractivity contribution in [3.8, 4) is 0 Å². The Hall–Kier alpha value is -0.0800. The topological polar surface area (TPSA) is 18.5 Å². The van der Waals surface area contributed by atoms with E-state index in [2.05, 4.69) is 0 Å². The summed E-state index contributed by atoms with van der Waals surface area (Å²) in [4.78, 5) is 0. The highest BCUT2D eigenvalue weighted by molar-refractivity contribution is 4.63. The van der Waals surface area contributed by atoms with Crippen molar-refractivity contribution in [2.75, 3.05) is 0 Å². The Labute approximate surface area is 76.3 Å². The fraction of sp³-hybridized carbons (Fsp3) is 1.00. The van der Waals surface area contributed by atoms with Crippen molar-refractivity contribution in [3.63, 3.8) is 0 Å². The highest BCUT2D eigenvalue weighted by Crippen LogP contribution is 2.16. The summed E-state index contributed by atoms with van der Waals surface area (Å²) in [6.07, 6.45) is -0.148. The molecular weight excluding hydrogens is 152 g/mol. The van der Waals surface area contributed by atoms with Gasteiger partial charge in [0.05, 0.1) is 11.2 Å². The van der Waals surface area contributed by atoms with Crippen LogP contribution in [0.25, 0.3) is 0 Å². The molecule has 12 heavy (non-hydrogen) atoms. The third-order valence-corrected chi connectivity index (χ3v) is 1.04. The van der Waals surface area contributed by atoms with Crippen molar-refractivity contribution in [2.45, 2.75) is 66.0 Å². The van der Waals surface area contributed by atoms with Crippen molar-refractivity contribution in [3.05, 3.63) is 0 Å². The molecule has 0 aromatic rings. The van der Waals surface area contributed by atoms with Crippen LogP contribution in [0.4, 0.5) is 0 Å². The minimum Gasteiger partial charge on any atom is -0.347 e. The number of ether oxygens (including phenoxy) is 2. The zero-order valence-corrected chi connectivity index (χ0v) is 9.39. The minimum atomic E-state index is -0.148. The van der Waals surface area contributed by atoms with Crippen molar-refractivity contribution >= 4 is 0 Å². The van der Waals surface area contributed by atoms with Gasteiger partial charge in [-0.3, -0.25) is 0 Å². The first-order valence-electron chi connectivity index (χ1n) is 4.46. The van der Waals surface area contributed by atoms with Gasteiger partial charge >= 0.3 is 0 Å². The van der Waals surface area contributed by atoms with E-state index in [-0.39, 0.29) is 17.5 Å². The molecule has 0 amide bonds. The van der Waals surface area contributed by atoms with Gasteiger partial charge in [-0.25, -0.2) is 0 Å². The zero-order chi connectivity index (χ0) is 9.99. The second-order valence-corrected chi connectivity index (χ2v) is 5.03. The van der Waals surface area contributed by atoms with Crippen LogP contribution in [0.3, 0.4) is 0 Å². The molecule has 0 heterocycles. The summed E-state index contributed by atoms with van der Waals surface area (Å²) in [5.41, 5.74) is -0.269. The predicted molar refractivity (Wildman–Crippen MR) is 51.1 cm³/mol. The van der Waals surface area contributed by atoms with Crippen LogP contribution in [-0.4, -0.2) is 17.5 Å². The third kappa shape index (κ3) is 8.02. The van der Waals surface area contributed by atoms with E-state index in [1.165, 1.54) is 0 Å². The average Bonchev–Trinajstić information content (AvgIpc) is 1.49. The van der Waals surface area contributed by atoms with Gasteiger partial charge in [-0.05, 0) is 48.5 Å². The molecule has 0 radical (unpaired) electrons. The largest absolute Gasteiger partial charge is 0.347 e. The first-order valence-corrected chi connectivity index (χ1v) is 4.46. The molecule has 0 rings (SSSR count). The number of hydrogen-bond donors (Lipinski definition) is 0. The van der Waals surface area contributed by atoms with Crippen molar-refractivity contribution in [1.82, 2.24) is 0 Å². The molecule has 0 atom stereocenters. The molecule has 0 bridgehead atoms. The lowest BCUT2D eigenvalue weighted by Gasteiger charge is -2.30. The molecule has 0 aromatic heterocycles. The lowest BCUT2D eigenvalue weighted by Crippen LogP contribution is -2.33. The van der Waals surface area contributed by atoms with E-state index in [0.29, 0.717) is 0 Å². The molecule has 0 aliphatic carbocycles.